The lowest BCUT2D eigenvalue weighted by atomic mass is 9.78. The van der Waals surface area contributed by atoms with Crippen LogP contribution in [0.3, 0.4) is 0 Å². The summed E-state index contributed by atoms with van der Waals surface area (Å²) in [6.45, 7) is -0.321. The summed E-state index contributed by atoms with van der Waals surface area (Å²) in [7, 11) is 1.57. The molecule has 0 radical (unpaired) electrons. The Labute approximate surface area is 251 Å². The van der Waals surface area contributed by atoms with Crippen LogP contribution in [0.1, 0.15) is 55.7 Å². The number of ether oxygens (including phenoxy) is 1. The second-order valence-corrected chi connectivity index (χ2v) is 10.6. The highest BCUT2D eigenvalue weighted by Gasteiger charge is 2.44. The number of aliphatic hydroxyl groups is 1. The van der Waals surface area contributed by atoms with E-state index in [2.05, 4.69) is 5.32 Å². The van der Waals surface area contributed by atoms with Gasteiger partial charge < -0.3 is 20.1 Å². The molecular weight excluding hydrogens is 576 g/mol. The standard InChI is InChI=1S/C34H30F4N2O4/c1-44-27-12-8-21(9-13-27)14-15-39-32(42)30-28-4-2-3-5-29(28)33(43)40(31(30)24-10-6-22(20-41)7-11-24)19-23-16-25(34(36,37)38)18-26(35)17-23/h2-13,16-18,30-31,41H,14-15,19-20H2,1H3,(H,39,42). The Bertz CT molecular complexity index is 1640. The number of carbonyl (C=O) groups excluding carboxylic acids is 2. The number of methoxy groups -OCH3 is 1. The van der Waals surface area contributed by atoms with E-state index < -0.39 is 35.4 Å². The number of hydrogen-bond donors (Lipinski definition) is 2. The first-order valence-corrected chi connectivity index (χ1v) is 14.0. The van der Waals surface area contributed by atoms with Gasteiger partial charge in [0.2, 0.25) is 5.91 Å². The zero-order valence-electron chi connectivity index (χ0n) is 23.8. The van der Waals surface area contributed by atoms with Gasteiger partial charge >= 0.3 is 6.18 Å². The van der Waals surface area contributed by atoms with Crippen molar-refractivity contribution < 1.29 is 37.0 Å². The van der Waals surface area contributed by atoms with Crippen LogP contribution in [0.4, 0.5) is 17.6 Å². The highest BCUT2D eigenvalue weighted by atomic mass is 19.4. The molecule has 6 nitrogen and oxygen atoms in total. The molecule has 0 spiro atoms. The summed E-state index contributed by atoms with van der Waals surface area (Å²) >= 11 is 0. The summed E-state index contributed by atoms with van der Waals surface area (Å²) in [4.78, 5) is 29.2. The van der Waals surface area contributed by atoms with Crippen molar-refractivity contribution in [3.8, 4) is 5.75 Å². The van der Waals surface area contributed by atoms with Crippen molar-refractivity contribution in [1.82, 2.24) is 10.2 Å². The molecular formula is C34H30F4N2O4. The number of hydrogen-bond acceptors (Lipinski definition) is 4. The molecule has 2 unspecified atom stereocenters. The van der Waals surface area contributed by atoms with E-state index in [1.54, 1.807) is 55.6 Å². The molecule has 0 aromatic heterocycles. The van der Waals surface area contributed by atoms with Crippen LogP contribution in [0.15, 0.2) is 91.0 Å². The fraction of sp³-hybridized carbons (Fsp3) is 0.235. The first-order chi connectivity index (χ1) is 21.1. The van der Waals surface area contributed by atoms with E-state index in [1.807, 2.05) is 24.3 Å². The Morgan fingerprint density at radius 3 is 2.27 bits per heavy atom. The van der Waals surface area contributed by atoms with Crippen molar-refractivity contribution in [2.75, 3.05) is 13.7 Å². The second kappa shape index (κ2) is 12.9. The van der Waals surface area contributed by atoms with Gasteiger partial charge in [-0.25, -0.2) is 4.39 Å². The predicted octanol–water partition coefficient (Wildman–Crippen LogP) is 6.19. The summed E-state index contributed by atoms with van der Waals surface area (Å²) < 4.78 is 60.2. The maximum absolute atomic E-state index is 14.4. The van der Waals surface area contributed by atoms with Crippen molar-refractivity contribution >= 4 is 11.8 Å². The van der Waals surface area contributed by atoms with Gasteiger partial charge in [0.1, 0.15) is 11.6 Å². The summed E-state index contributed by atoms with van der Waals surface area (Å²) in [6.07, 6.45) is -4.27. The van der Waals surface area contributed by atoms with Gasteiger partial charge in [0, 0.05) is 18.7 Å². The van der Waals surface area contributed by atoms with Crippen LogP contribution >= 0.6 is 0 Å². The number of aliphatic hydroxyl groups excluding tert-OH is 1. The van der Waals surface area contributed by atoms with Crippen LogP contribution in [0.25, 0.3) is 0 Å². The zero-order chi connectivity index (χ0) is 31.4. The third-order valence-electron chi connectivity index (χ3n) is 7.73. The molecule has 0 saturated carbocycles. The molecule has 4 aromatic carbocycles. The largest absolute Gasteiger partial charge is 0.497 e. The number of rotatable bonds is 9. The van der Waals surface area contributed by atoms with Crippen molar-refractivity contribution in [1.29, 1.82) is 0 Å². The lowest BCUT2D eigenvalue weighted by Crippen LogP contribution is -2.47. The third kappa shape index (κ3) is 6.60. The van der Waals surface area contributed by atoms with Crippen molar-refractivity contribution in [3.63, 3.8) is 0 Å². The fourth-order valence-electron chi connectivity index (χ4n) is 5.58. The van der Waals surface area contributed by atoms with Crippen molar-refractivity contribution in [3.05, 3.63) is 136 Å². The number of nitrogens with one attached hydrogen (secondary N) is 1. The number of nitrogens with zero attached hydrogens (tertiary/aromatic N) is 1. The Balaban J connectivity index is 1.53. The van der Waals surface area contributed by atoms with E-state index in [9.17, 15) is 32.3 Å². The molecule has 2 N–H and O–H groups in total. The smallest absolute Gasteiger partial charge is 0.416 e. The highest BCUT2D eigenvalue weighted by Crippen LogP contribution is 2.44. The van der Waals surface area contributed by atoms with Crippen LogP contribution < -0.4 is 10.1 Å². The Morgan fingerprint density at radius 1 is 0.932 bits per heavy atom. The lowest BCUT2D eigenvalue weighted by Gasteiger charge is -2.42. The molecule has 0 fully saturated rings. The summed E-state index contributed by atoms with van der Waals surface area (Å²) in [5.41, 5.74) is 1.57. The average Bonchev–Trinajstić information content (AvgIpc) is 3.02. The Kier molecular flexibility index (Phi) is 9.01. The number of fused-ring (bicyclic) bond motifs is 1. The second-order valence-electron chi connectivity index (χ2n) is 10.6. The van der Waals surface area contributed by atoms with Gasteiger partial charge in [0.15, 0.2) is 0 Å². The molecule has 4 aromatic rings. The van der Waals surface area contributed by atoms with Gasteiger partial charge in [-0.05, 0) is 70.6 Å². The minimum atomic E-state index is -4.79. The normalized spacial score (nSPS) is 16.4. The molecule has 0 bridgehead atoms. The van der Waals surface area contributed by atoms with Crippen LogP contribution in [0.2, 0.25) is 0 Å². The minimum Gasteiger partial charge on any atom is -0.497 e. The maximum Gasteiger partial charge on any atom is 0.416 e. The van der Waals surface area contributed by atoms with Gasteiger partial charge in [0.25, 0.3) is 5.91 Å². The average molecular weight is 607 g/mol. The monoisotopic (exact) mass is 606 g/mol. The fourth-order valence-corrected chi connectivity index (χ4v) is 5.58. The first-order valence-electron chi connectivity index (χ1n) is 14.0. The van der Waals surface area contributed by atoms with E-state index in [-0.39, 0.29) is 36.7 Å². The van der Waals surface area contributed by atoms with E-state index >= 15 is 0 Å². The number of halogens is 4. The van der Waals surface area contributed by atoms with Gasteiger partial charge in [-0.1, -0.05) is 54.6 Å². The maximum atomic E-state index is 14.4. The van der Waals surface area contributed by atoms with E-state index in [1.165, 1.54) is 4.90 Å². The van der Waals surface area contributed by atoms with Gasteiger partial charge in [-0.2, -0.15) is 13.2 Å². The number of benzene rings is 4. The molecule has 44 heavy (non-hydrogen) atoms. The number of amides is 2. The number of carbonyl (C=O) groups is 2. The summed E-state index contributed by atoms with van der Waals surface area (Å²) in [6, 6.07) is 21.9. The van der Waals surface area contributed by atoms with E-state index in [4.69, 9.17) is 4.74 Å². The molecule has 0 aliphatic carbocycles. The van der Waals surface area contributed by atoms with Crippen molar-refractivity contribution in [2.45, 2.75) is 37.7 Å². The summed E-state index contributed by atoms with van der Waals surface area (Å²) in [5, 5.41) is 12.5. The molecule has 0 saturated heterocycles. The Hall–Kier alpha value is -4.70. The molecule has 5 rings (SSSR count). The third-order valence-corrected chi connectivity index (χ3v) is 7.73. The zero-order valence-corrected chi connectivity index (χ0v) is 23.8. The van der Waals surface area contributed by atoms with Gasteiger partial charge in [-0.15, -0.1) is 0 Å². The molecule has 228 valence electrons. The topological polar surface area (TPSA) is 78.9 Å². The summed E-state index contributed by atoms with van der Waals surface area (Å²) in [5.74, 6) is -2.20. The van der Waals surface area contributed by atoms with Crippen LogP contribution in [-0.2, 0) is 30.5 Å². The SMILES string of the molecule is COc1ccc(CCNC(=O)C2c3ccccc3C(=O)N(Cc3cc(F)cc(C(F)(F)F)c3)C2c2ccc(CO)cc2)cc1. The van der Waals surface area contributed by atoms with E-state index in [0.717, 1.165) is 17.7 Å². The quantitative estimate of drug-likeness (QED) is 0.223. The van der Waals surface area contributed by atoms with Crippen molar-refractivity contribution in [2.24, 2.45) is 0 Å². The lowest BCUT2D eigenvalue weighted by molar-refractivity contribution is -0.137. The molecule has 1 heterocycles. The van der Waals surface area contributed by atoms with Crippen LogP contribution in [0.5, 0.6) is 5.75 Å². The van der Waals surface area contributed by atoms with E-state index in [0.29, 0.717) is 34.9 Å². The van der Waals surface area contributed by atoms with Gasteiger partial charge in [-0.3, -0.25) is 9.59 Å². The molecule has 1 aliphatic rings. The molecule has 2 atom stereocenters. The minimum absolute atomic E-state index is 0.0688. The molecule has 10 heteroatoms. The van der Waals surface area contributed by atoms with Gasteiger partial charge in [0.05, 0.1) is 31.2 Å². The first kappa shape index (κ1) is 30.7. The predicted molar refractivity (Wildman–Crippen MR) is 155 cm³/mol. The molecule has 1 aliphatic heterocycles. The highest BCUT2D eigenvalue weighted by molar-refractivity contribution is 6.01. The van der Waals surface area contributed by atoms with Crippen LogP contribution in [0, 0.1) is 5.82 Å². The molecule has 2 amide bonds. The van der Waals surface area contributed by atoms with Crippen LogP contribution in [-0.4, -0.2) is 35.5 Å². The number of alkyl halides is 3. The Morgan fingerprint density at radius 2 is 1.61 bits per heavy atom.